The quantitative estimate of drug-likeness (QED) is 0.714. The van der Waals surface area contributed by atoms with Crippen molar-refractivity contribution in [1.29, 1.82) is 0 Å². The number of benzene rings is 1. The molecule has 124 valence electrons. The molecule has 1 aromatic carbocycles. The summed E-state index contributed by atoms with van der Waals surface area (Å²) in [7, 11) is -3.39. The maximum atomic E-state index is 13.2. The van der Waals surface area contributed by atoms with Gasteiger partial charge in [-0.15, -0.1) is 0 Å². The molecule has 0 unspecified atom stereocenters. The molecule has 0 amide bonds. The number of hydrogen-bond acceptors (Lipinski definition) is 2. The summed E-state index contributed by atoms with van der Waals surface area (Å²) in [6, 6.07) is 7.26. The minimum atomic E-state index is -3.39. The molecule has 23 heavy (non-hydrogen) atoms. The highest BCUT2D eigenvalue weighted by Crippen LogP contribution is 2.56. The van der Waals surface area contributed by atoms with Gasteiger partial charge >= 0.3 is 0 Å². The molecule has 0 N–H and O–H groups in total. The lowest BCUT2D eigenvalue weighted by Gasteiger charge is -2.35. The van der Waals surface area contributed by atoms with Crippen LogP contribution in [0, 0.1) is 18.3 Å². The van der Waals surface area contributed by atoms with Crippen molar-refractivity contribution in [3.05, 3.63) is 53.0 Å². The zero-order chi connectivity index (χ0) is 16.7. The fourth-order valence-corrected chi connectivity index (χ4v) is 6.19. The van der Waals surface area contributed by atoms with Gasteiger partial charge in [0.1, 0.15) is 0 Å². The molecule has 1 spiro atoms. The van der Waals surface area contributed by atoms with Gasteiger partial charge in [-0.25, -0.2) is 8.42 Å². The number of sulfone groups is 1. The lowest BCUT2D eigenvalue weighted by molar-refractivity contribution is 0.318. The summed E-state index contributed by atoms with van der Waals surface area (Å²) in [5, 5.41) is 0. The van der Waals surface area contributed by atoms with Crippen LogP contribution in [0.3, 0.4) is 0 Å². The Balaban J connectivity index is 2.01. The molecule has 0 bridgehead atoms. The number of aryl methyl sites for hydroxylation is 1. The average Bonchev–Trinajstić information content (AvgIpc) is 2.92. The van der Waals surface area contributed by atoms with E-state index in [1.807, 2.05) is 25.1 Å². The van der Waals surface area contributed by atoms with Gasteiger partial charge in [0.15, 0.2) is 0 Å². The first-order chi connectivity index (χ1) is 10.8. The minimum Gasteiger partial charge on any atom is -0.219 e. The second-order valence-electron chi connectivity index (χ2n) is 7.34. The van der Waals surface area contributed by atoms with Crippen molar-refractivity contribution in [1.82, 2.24) is 0 Å². The zero-order valence-corrected chi connectivity index (χ0v) is 15.0. The van der Waals surface area contributed by atoms with E-state index in [0.29, 0.717) is 15.7 Å². The van der Waals surface area contributed by atoms with Crippen LogP contribution in [0.1, 0.15) is 51.0 Å². The van der Waals surface area contributed by atoms with Crippen LogP contribution in [0.4, 0.5) is 0 Å². The molecule has 2 atom stereocenters. The van der Waals surface area contributed by atoms with Crippen LogP contribution in [-0.4, -0.2) is 8.42 Å². The lowest BCUT2D eigenvalue weighted by Crippen LogP contribution is -2.28. The van der Waals surface area contributed by atoms with Gasteiger partial charge in [0.05, 0.1) is 9.80 Å². The molecular formula is C20H26O2S. The average molecular weight is 330 g/mol. The van der Waals surface area contributed by atoms with Gasteiger partial charge in [0.2, 0.25) is 9.84 Å². The maximum absolute atomic E-state index is 13.2. The number of allylic oxidation sites excluding steroid dienone is 3. The molecule has 3 rings (SSSR count). The van der Waals surface area contributed by atoms with E-state index in [1.165, 1.54) is 5.57 Å². The number of rotatable bonds is 3. The third-order valence-electron chi connectivity index (χ3n) is 5.64. The Morgan fingerprint density at radius 1 is 1.22 bits per heavy atom. The van der Waals surface area contributed by atoms with E-state index in [1.54, 1.807) is 12.1 Å². The largest absolute Gasteiger partial charge is 0.219 e. The van der Waals surface area contributed by atoms with Crippen LogP contribution in [-0.2, 0) is 9.84 Å². The van der Waals surface area contributed by atoms with E-state index in [2.05, 4.69) is 13.5 Å². The van der Waals surface area contributed by atoms with Crippen LogP contribution < -0.4 is 0 Å². The molecular weight excluding hydrogens is 304 g/mol. The lowest BCUT2D eigenvalue weighted by atomic mass is 9.76. The first kappa shape index (κ1) is 16.5. The maximum Gasteiger partial charge on any atom is 0.203 e. The molecule has 0 aromatic heterocycles. The Morgan fingerprint density at radius 3 is 2.52 bits per heavy atom. The summed E-state index contributed by atoms with van der Waals surface area (Å²) in [4.78, 5) is 1.12. The van der Waals surface area contributed by atoms with Crippen LogP contribution in [0.15, 0.2) is 52.3 Å². The number of hydrogen-bond donors (Lipinski definition) is 0. The van der Waals surface area contributed by atoms with Crippen molar-refractivity contribution in [2.24, 2.45) is 11.3 Å². The van der Waals surface area contributed by atoms with E-state index >= 15 is 0 Å². The summed E-state index contributed by atoms with van der Waals surface area (Å²) in [6.07, 6.45) is 7.94. The topological polar surface area (TPSA) is 34.1 Å². The highest BCUT2D eigenvalue weighted by Gasteiger charge is 2.47. The van der Waals surface area contributed by atoms with Crippen molar-refractivity contribution in [3.8, 4) is 0 Å². The predicted molar refractivity (Wildman–Crippen MR) is 94.9 cm³/mol. The molecule has 2 aliphatic rings. The van der Waals surface area contributed by atoms with Gasteiger partial charge in [0.25, 0.3) is 0 Å². The molecule has 0 heterocycles. The van der Waals surface area contributed by atoms with Crippen molar-refractivity contribution in [3.63, 3.8) is 0 Å². The summed E-state index contributed by atoms with van der Waals surface area (Å²) in [5.41, 5.74) is 2.12. The standard InChI is InChI=1S/C20H26O2S/c1-15(2)17-11-13-20(14-17)12-5-4-6-19(20)23(21,22)18-9-7-16(3)8-10-18/h6-10,17H,1,4-5,11-14H2,2-3H3/t17-,20-/m0/s1. The monoisotopic (exact) mass is 330 g/mol. The molecule has 0 radical (unpaired) electrons. The SMILES string of the molecule is C=C(C)[C@H]1CC[C@@]2(CCCC=C2S(=O)(=O)c2ccc(C)cc2)C1. The molecule has 3 heteroatoms. The Morgan fingerprint density at radius 2 is 1.91 bits per heavy atom. The fourth-order valence-electron chi connectivity index (χ4n) is 4.25. The van der Waals surface area contributed by atoms with Crippen LogP contribution in [0.2, 0.25) is 0 Å². The Hall–Kier alpha value is -1.35. The van der Waals surface area contributed by atoms with E-state index in [9.17, 15) is 8.42 Å². The molecule has 2 aliphatic carbocycles. The second kappa shape index (κ2) is 5.94. The van der Waals surface area contributed by atoms with Gasteiger partial charge in [-0.3, -0.25) is 0 Å². The third-order valence-corrected chi connectivity index (χ3v) is 7.71. The van der Waals surface area contributed by atoms with Gasteiger partial charge in [-0.2, -0.15) is 0 Å². The van der Waals surface area contributed by atoms with Crippen LogP contribution in [0.5, 0.6) is 0 Å². The van der Waals surface area contributed by atoms with E-state index in [-0.39, 0.29) is 5.41 Å². The van der Waals surface area contributed by atoms with Gasteiger partial charge in [0, 0.05) is 5.41 Å². The predicted octanol–water partition coefficient (Wildman–Crippen LogP) is 5.20. The van der Waals surface area contributed by atoms with Gasteiger partial charge in [-0.05, 0) is 70.4 Å². The van der Waals surface area contributed by atoms with Crippen molar-refractivity contribution < 1.29 is 8.42 Å². The molecule has 0 aliphatic heterocycles. The summed E-state index contributed by atoms with van der Waals surface area (Å²) >= 11 is 0. The smallest absolute Gasteiger partial charge is 0.203 e. The first-order valence-electron chi connectivity index (χ1n) is 8.53. The molecule has 1 saturated carbocycles. The molecule has 0 saturated heterocycles. The summed E-state index contributed by atoms with van der Waals surface area (Å²) in [5.74, 6) is 0.463. The first-order valence-corrected chi connectivity index (χ1v) is 10.0. The van der Waals surface area contributed by atoms with E-state index in [4.69, 9.17) is 0 Å². The normalized spacial score (nSPS) is 27.9. The second-order valence-corrected chi connectivity index (χ2v) is 9.26. The molecule has 1 fully saturated rings. The van der Waals surface area contributed by atoms with Crippen molar-refractivity contribution >= 4 is 9.84 Å². The third kappa shape index (κ3) is 2.91. The van der Waals surface area contributed by atoms with Crippen molar-refractivity contribution in [2.75, 3.05) is 0 Å². The highest BCUT2D eigenvalue weighted by molar-refractivity contribution is 7.95. The highest BCUT2D eigenvalue weighted by atomic mass is 32.2. The van der Waals surface area contributed by atoms with Gasteiger partial charge < -0.3 is 0 Å². The van der Waals surface area contributed by atoms with Gasteiger partial charge in [-0.1, -0.05) is 35.9 Å². The van der Waals surface area contributed by atoms with E-state index < -0.39 is 9.84 Å². The van der Waals surface area contributed by atoms with Crippen LogP contribution in [0.25, 0.3) is 0 Å². The fraction of sp³-hybridized carbons (Fsp3) is 0.500. The summed E-state index contributed by atoms with van der Waals surface area (Å²) < 4.78 is 26.5. The van der Waals surface area contributed by atoms with E-state index in [0.717, 1.165) is 44.1 Å². The Bertz CT molecular complexity index is 740. The van der Waals surface area contributed by atoms with Crippen LogP contribution >= 0.6 is 0 Å². The molecule has 1 aromatic rings. The minimum absolute atomic E-state index is 0.161. The van der Waals surface area contributed by atoms with Crippen molar-refractivity contribution in [2.45, 2.75) is 57.3 Å². The zero-order valence-electron chi connectivity index (χ0n) is 14.1. The summed E-state index contributed by atoms with van der Waals surface area (Å²) in [6.45, 7) is 8.15. The Labute approximate surface area is 140 Å². The molecule has 2 nitrogen and oxygen atoms in total. The Kier molecular flexibility index (Phi) is 4.26.